The Kier molecular flexibility index (Phi) is 3.78. The Labute approximate surface area is 83.5 Å². The molecule has 1 aliphatic rings. The molecule has 1 heteroatoms. The lowest BCUT2D eigenvalue weighted by Crippen LogP contribution is -2.32. The molecule has 1 aliphatic heterocycles. The first-order chi connectivity index (χ1) is 5.97. The molecule has 0 saturated carbocycles. The molecule has 1 nitrogen and oxygen atoms in total. The maximum Gasteiger partial charge on any atom is 0.000662 e. The van der Waals surface area contributed by atoms with Gasteiger partial charge in [0.2, 0.25) is 0 Å². The van der Waals surface area contributed by atoms with E-state index in [4.69, 9.17) is 0 Å². The van der Waals surface area contributed by atoms with E-state index < -0.39 is 0 Å². The highest BCUT2D eigenvalue weighted by atomic mass is 15.1. The van der Waals surface area contributed by atoms with Crippen molar-refractivity contribution in [2.24, 2.45) is 11.3 Å². The quantitative estimate of drug-likeness (QED) is 0.635. The van der Waals surface area contributed by atoms with Crippen LogP contribution in [-0.4, -0.2) is 25.0 Å². The zero-order valence-corrected chi connectivity index (χ0v) is 9.77. The van der Waals surface area contributed by atoms with Crippen LogP contribution in [0.3, 0.4) is 0 Å². The van der Waals surface area contributed by atoms with E-state index >= 15 is 0 Å². The van der Waals surface area contributed by atoms with Crippen molar-refractivity contribution < 1.29 is 0 Å². The molecule has 1 fully saturated rings. The Bertz CT molecular complexity index is 146. The first kappa shape index (κ1) is 11.0. The van der Waals surface area contributed by atoms with Crippen molar-refractivity contribution in [2.45, 2.75) is 46.5 Å². The zero-order chi connectivity index (χ0) is 9.90. The van der Waals surface area contributed by atoms with E-state index in [9.17, 15) is 0 Å². The Morgan fingerprint density at radius 2 is 2.00 bits per heavy atom. The van der Waals surface area contributed by atoms with Crippen molar-refractivity contribution in [3.63, 3.8) is 0 Å². The molecular weight excluding hydrogens is 158 g/mol. The molecule has 0 aromatic heterocycles. The fourth-order valence-corrected chi connectivity index (χ4v) is 2.15. The summed E-state index contributed by atoms with van der Waals surface area (Å²) >= 11 is 0. The summed E-state index contributed by atoms with van der Waals surface area (Å²) in [5.74, 6) is 0.970. The van der Waals surface area contributed by atoms with Crippen LogP contribution >= 0.6 is 0 Å². The number of nitrogens with zero attached hydrogens (tertiary/aromatic N) is 1. The Morgan fingerprint density at radius 1 is 1.31 bits per heavy atom. The highest BCUT2D eigenvalue weighted by Crippen LogP contribution is 2.27. The van der Waals surface area contributed by atoms with E-state index in [2.05, 4.69) is 32.7 Å². The fraction of sp³-hybridized carbons (Fsp3) is 1.00. The maximum atomic E-state index is 2.48. The number of likely N-dealkylation sites (tertiary alicyclic amines) is 1. The van der Waals surface area contributed by atoms with Crippen LogP contribution in [0.5, 0.6) is 0 Å². The maximum absolute atomic E-state index is 2.48. The minimum absolute atomic E-state index is 0.524. The molecule has 1 unspecified atom stereocenters. The van der Waals surface area contributed by atoms with Crippen molar-refractivity contribution >= 4 is 0 Å². The van der Waals surface area contributed by atoms with Crippen LogP contribution < -0.4 is 0 Å². The average Bonchev–Trinajstić information content (AvgIpc) is 2.00. The standard InChI is InChI=1S/C12H25N/c1-12(2,3)8-7-11-6-5-9-13(4)10-11/h11H,5-10H2,1-4H3. The van der Waals surface area contributed by atoms with Crippen molar-refractivity contribution in [3.05, 3.63) is 0 Å². The van der Waals surface area contributed by atoms with Gasteiger partial charge in [0.25, 0.3) is 0 Å². The number of hydrogen-bond acceptors (Lipinski definition) is 1. The van der Waals surface area contributed by atoms with Gasteiger partial charge in [-0.3, -0.25) is 0 Å². The molecule has 0 aromatic rings. The summed E-state index contributed by atoms with van der Waals surface area (Å²) in [4.78, 5) is 2.48. The predicted molar refractivity (Wildman–Crippen MR) is 58.9 cm³/mol. The highest BCUT2D eigenvalue weighted by molar-refractivity contribution is 4.73. The largest absolute Gasteiger partial charge is 0.306 e. The second kappa shape index (κ2) is 4.45. The molecule has 0 radical (unpaired) electrons. The minimum Gasteiger partial charge on any atom is -0.306 e. The minimum atomic E-state index is 0.524. The number of piperidine rings is 1. The first-order valence-corrected chi connectivity index (χ1v) is 5.66. The molecule has 78 valence electrons. The Hall–Kier alpha value is -0.0400. The van der Waals surface area contributed by atoms with Gasteiger partial charge in [0.1, 0.15) is 0 Å². The zero-order valence-electron chi connectivity index (χ0n) is 9.77. The Balaban J connectivity index is 2.21. The molecule has 1 rings (SSSR count). The molecule has 1 atom stereocenters. The van der Waals surface area contributed by atoms with Crippen LogP contribution in [0.25, 0.3) is 0 Å². The normalized spacial score (nSPS) is 26.3. The van der Waals surface area contributed by atoms with Crippen LogP contribution in [-0.2, 0) is 0 Å². The Morgan fingerprint density at radius 3 is 2.54 bits per heavy atom. The molecule has 0 aromatic carbocycles. The van der Waals surface area contributed by atoms with Gasteiger partial charge in [-0.05, 0) is 50.6 Å². The number of rotatable bonds is 2. The van der Waals surface area contributed by atoms with E-state index in [1.54, 1.807) is 0 Å². The average molecular weight is 183 g/mol. The van der Waals surface area contributed by atoms with Crippen molar-refractivity contribution in [2.75, 3.05) is 20.1 Å². The van der Waals surface area contributed by atoms with Gasteiger partial charge in [-0.15, -0.1) is 0 Å². The lowest BCUT2D eigenvalue weighted by Gasteiger charge is -2.31. The molecule has 13 heavy (non-hydrogen) atoms. The predicted octanol–water partition coefficient (Wildman–Crippen LogP) is 3.15. The summed E-state index contributed by atoms with van der Waals surface area (Å²) in [6.45, 7) is 9.68. The second-order valence-corrected chi connectivity index (χ2v) is 5.87. The molecule has 0 bridgehead atoms. The third-order valence-electron chi connectivity index (χ3n) is 3.02. The van der Waals surface area contributed by atoms with Crippen LogP contribution in [0.4, 0.5) is 0 Å². The summed E-state index contributed by atoms with van der Waals surface area (Å²) < 4.78 is 0. The molecular formula is C12H25N. The number of hydrogen-bond donors (Lipinski definition) is 0. The van der Waals surface area contributed by atoms with Crippen molar-refractivity contribution in [3.8, 4) is 0 Å². The van der Waals surface area contributed by atoms with Gasteiger partial charge in [0.15, 0.2) is 0 Å². The van der Waals surface area contributed by atoms with E-state index in [0.29, 0.717) is 5.41 Å². The van der Waals surface area contributed by atoms with E-state index in [1.807, 2.05) is 0 Å². The van der Waals surface area contributed by atoms with Gasteiger partial charge in [-0.25, -0.2) is 0 Å². The second-order valence-electron chi connectivity index (χ2n) is 5.87. The summed E-state index contributed by atoms with van der Waals surface area (Å²) in [7, 11) is 2.25. The summed E-state index contributed by atoms with van der Waals surface area (Å²) in [5, 5.41) is 0. The third kappa shape index (κ3) is 4.66. The highest BCUT2D eigenvalue weighted by Gasteiger charge is 2.19. The fourth-order valence-electron chi connectivity index (χ4n) is 2.15. The van der Waals surface area contributed by atoms with E-state index in [-0.39, 0.29) is 0 Å². The lowest BCUT2D eigenvalue weighted by atomic mass is 9.84. The summed E-state index contributed by atoms with van der Waals surface area (Å²) in [6, 6.07) is 0. The van der Waals surface area contributed by atoms with Gasteiger partial charge in [-0.1, -0.05) is 20.8 Å². The monoisotopic (exact) mass is 183 g/mol. The van der Waals surface area contributed by atoms with Crippen molar-refractivity contribution in [1.82, 2.24) is 4.90 Å². The summed E-state index contributed by atoms with van der Waals surface area (Å²) in [5.41, 5.74) is 0.524. The van der Waals surface area contributed by atoms with E-state index in [0.717, 1.165) is 5.92 Å². The molecule has 1 heterocycles. The SMILES string of the molecule is CN1CCCC(CCC(C)(C)C)C1. The summed E-state index contributed by atoms with van der Waals surface area (Å²) in [6.07, 6.45) is 5.67. The van der Waals surface area contributed by atoms with Gasteiger partial charge < -0.3 is 4.90 Å². The molecule has 0 N–H and O–H groups in total. The topological polar surface area (TPSA) is 3.24 Å². The van der Waals surface area contributed by atoms with Gasteiger partial charge >= 0.3 is 0 Å². The smallest absolute Gasteiger partial charge is 0.000662 e. The van der Waals surface area contributed by atoms with E-state index in [1.165, 1.54) is 38.8 Å². The molecule has 0 aliphatic carbocycles. The van der Waals surface area contributed by atoms with Crippen molar-refractivity contribution in [1.29, 1.82) is 0 Å². The van der Waals surface area contributed by atoms with Gasteiger partial charge in [0, 0.05) is 6.54 Å². The molecule has 0 amide bonds. The van der Waals surface area contributed by atoms with Gasteiger partial charge in [0.05, 0.1) is 0 Å². The van der Waals surface area contributed by atoms with Crippen LogP contribution in [0, 0.1) is 11.3 Å². The van der Waals surface area contributed by atoms with Gasteiger partial charge in [-0.2, -0.15) is 0 Å². The first-order valence-electron chi connectivity index (χ1n) is 5.66. The third-order valence-corrected chi connectivity index (χ3v) is 3.02. The molecule has 0 spiro atoms. The molecule has 1 saturated heterocycles. The van der Waals surface area contributed by atoms with Crippen LogP contribution in [0.1, 0.15) is 46.5 Å². The lowest BCUT2D eigenvalue weighted by molar-refractivity contribution is 0.185. The van der Waals surface area contributed by atoms with Crippen LogP contribution in [0.2, 0.25) is 0 Å². The van der Waals surface area contributed by atoms with Crippen LogP contribution in [0.15, 0.2) is 0 Å².